The van der Waals surface area contributed by atoms with E-state index < -0.39 is 11.9 Å². The van der Waals surface area contributed by atoms with Gasteiger partial charge in [-0.2, -0.15) is 0 Å². The Morgan fingerprint density at radius 1 is 0.900 bits per heavy atom. The molecule has 0 amide bonds. The second kappa shape index (κ2) is 12.8. The molecule has 30 heavy (non-hydrogen) atoms. The predicted molar refractivity (Wildman–Crippen MR) is 122 cm³/mol. The summed E-state index contributed by atoms with van der Waals surface area (Å²) >= 11 is 5.39. The number of hydrogen-bond acceptors (Lipinski definition) is 5. The van der Waals surface area contributed by atoms with Crippen molar-refractivity contribution >= 4 is 29.0 Å². The third kappa shape index (κ3) is 7.02. The minimum Gasteiger partial charge on any atom is -0.478 e. The molecule has 1 fully saturated rings. The van der Waals surface area contributed by atoms with Gasteiger partial charge in [-0.25, -0.2) is 9.59 Å². The van der Waals surface area contributed by atoms with Gasteiger partial charge in [0.05, 0.1) is 29.2 Å². The lowest BCUT2D eigenvalue weighted by molar-refractivity contribution is 0.0695. The summed E-state index contributed by atoms with van der Waals surface area (Å²) in [5, 5.41) is 21.7. The Labute approximate surface area is 182 Å². The van der Waals surface area contributed by atoms with Gasteiger partial charge in [0, 0.05) is 18.7 Å². The maximum absolute atomic E-state index is 11.6. The van der Waals surface area contributed by atoms with Crippen molar-refractivity contribution in [3.63, 3.8) is 0 Å². The van der Waals surface area contributed by atoms with Crippen LogP contribution in [0, 0.1) is 13.8 Å². The number of nitrogens with one attached hydrogen (secondary N) is 1. The average Bonchev–Trinajstić information content (AvgIpc) is 2.76. The number of rotatable bonds is 4. The highest BCUT2D eigenvalue weighted by Gasteiger charge is 2.21. The largest absolute Gasteiger partial charge is 0.478 e. The van der Waals surface area contributed by atoms with E-state index in [1.165, 1.54) is 19.1 Å². The number of ether oxygens (including phenoxy) is 1. The van der Waals surface area contributed by atoms with Crippen molar-refractivity contribution in [2.24, 2.45) is 0 Å². The van der Waals surface area contributed by atoms with Crippen molar-refractivity contribution in [2.75, 3.05) is 26.3 Å². The highest BCUT2D eigenvalue weighted by atomic mass is 32.1. The van der Waals surface area contributed by atoms with Crippen LogP contribution in [0.2, 0.25) is 0 Å². The molecule has 0 radical (unpaired) electrons. The maximum atomic E-state index is 11.6. The van der Waals surface area contributed by atoms with E-state index in [0.717, 1.165) is 37.4 Å². The van der Waals surface area contributed by atoms with E-state index in [2.05, 4.69) is 5.32 Å². The van der Waals surface area contributed by atoms with Crippen LogP contribution in [-0.2, 0) is 4.74 Å². The first-order valence-electron chi connectivity index (χ1n) is 9.83. The van der Waals surface area contributed by atoms with E-state index in [9.17, 15) is 14.7 Å². The summed E-state index contributed by atoms with van der Waals surface area (Å²) < 4.78 is 5.01. The molecule has 0 atom stereocenters. The minimum atomic E-state index is -1.19. The van der Waals surface area contributed by atoms with Crippen molar-refractivity contribution in [3.05, 3.63) is 69.8 Å². The first-order chi connectivity index (χ1) is 14.3. The molecule has 0 bridgehead atoms. The van der Waals surface area contributed by atoms with Crippen molar-refractivity contribution in [2.45, 2.75) is 27.7 Å². The Morgan fingerprint density at radius 3 is 1.83 bits per heavy atom. The number of carbonyl (C=O) groups is 2. The van der Waals surface area contributed by atoms with Crippen LogP contribution in [0.15, 0.2) is 36.4 Å². The number of aromatic carboxylic acids is 2. The summed E-state index contributed by atoms with van der Waals surface area (Å²) in [5.74, 6) is -2.35. The van der Waals surface area contributed by atoms with Crippen LogP contribution >= 0.6 is 12.2 Å². The van der Waals surface area contributed by atoms with Gasteiger partial charge in [0.25, 0.3) is 0 Å². The smallest absolute Gasteiger partial charge is 0.336 e. The molecule has 0 spiro atoms. The molecule has 1 aliphatic heterocycles. The Hall–Kier alpha value is -2.61. The fourth-order valence-electron chi connectivity index (χ4n) is 2.78. The molecule has 2 aromatic rings. The Morgan fingerprint density at radius 2 is 1.43 bits per heavy atom. The zero-order chi connectivity index (χ0) is 22.7. The van der Waals surface area contributed by atoms with E-state index in [-0.39, 0.29) is 16.7 Å². The first-order valence-corrected chi connectivity index (χ1v) is 10.2. The molecule has 0 unspecified atom stereocenters. The molecule has 1 saturated heterocycles. The van der Waals surface area contributed by atoms with Gasteiger partial charge in [-0.15, -0.1) is 0 Å². The summed E-state index contributed by atoms with van der Waals surface area (Å²) in [4.78, 5) is 23.1. The second-order valence-corrected chi connectivity index (χ2v) is 6.74. The molecule has 162 valence electrons. The summed E-state index contributed by atoms with van der Waals surface area (Å²) in [5.41, 5.74) is 2.26. The van der Waals surface area contributed by atoms with Crippen molar-refractivity contribution < 1.29 is 24.5 Å². The summed E-state index contributed by atoms with van der Waals surface area (Å²) in [6.45, 7) is 11.3. The quantitative estimate of drug-likeness (QED) is 0.495. The number of carboxylic acid groups (broad SMARTS) is 2. The normalized spacial score (nSPS) is 12.5. The topological polar surface area (TPSA) is 95.9 Å². The van der Waals surface area contributed by atoms with Gasteiger partial charge in [-0.1, -0.05) is 62.0 Å². The van der Waals surface area contributed by atoms with Crippen LogP contribution in [-0.4, -0.2) is 53.3 Å². The van der Waals surface area contributed by atoms with Gasteiger partial charge in [-0.3, -0.25) is 0 Å². The molecular weight excluding hydrogens is 402 g/mol. The standard InChI is InChI=1S/C17H14O4S.C4H9NO.C2H6/c1-9-3-5-11(6-4-9)15(22)13-8-7-12(16(18)19)10(2)14(13)17(20)21;1-3-6-4-2-5-1;1-2/h3-8H,1-2H3,(H,18,19)(H,20,21);5H,1-4H2;1-2H3. The van der Waals surface area contributed by atoms with Crippen molar-refractivity contribution in [1.29, 1.82) is 0 Å². The number of morpholine rings is 1. The molecule has 1 heterocycles. The van der Waals surface area contributed by atoms with E-state index in [1.54, 1.807) is 0 Å². The van der Waals surface area contributed by atoms with Gasteiger partial charge in [0.15, 0.2) is 0 Å². The van der Waals surface area contributed by atoms with Gasteiger partial charge in [0.2, 0.25) is 0 Å². The monoisotopic (exact) mass is 431 g/mol. The molecular formula is C23H29NO5S. The van der Waals surface area contributed by atoms with Gasteiger partial charge < -0.3 is 20.3 Å². The SMILES string of the molecule is C1COCCN1.CC.Cc1ccc(C(=S)c2ccc(C(=O)O)c(C)c2C(=O)O)cc1. The fourth-order valence-corrected chi connectivity index (χ4v) is 3.09. The number of carboxylic acids is 2. The number of aryl methyl sites for hydroxylation is 1. The fraction of sp³-hybridized carbons (Fsp3) is 0.348. The van der Waals surface area contributed by atoms with Crippen LogP contribution in [0.5, 0.6) is 0 Å². The average molecular weight is 432 g/mol. The maximum Gasteiger partial charge on any atom is 0.336 e. The third-order valence-corrected chi connectivity index (χ3v) is 4.77. The number of thiocarbonyl (C=S) groups is 1. The highest BCUT2D eigenvalue weighted by molar-refractivity contribution is 7.81. The second-order valence-electron chi connectivity index (χ2n) is 6.33. The van der Waals surface area contributed by atoms with Gasteiger partial charge >= 0.3 is 11.9 Å². The summed E-state index contributed by atoms with van der Waals surface area (Å²) in [6, 6.07) is 10.3. The van der Waals surface area contributed by atoms with Crippen LogP contribution in [0.4, 0.5) is 0 Å². The molecule has 0 aromatic heterocycles. The van der Waals surface area contributed by atoms with E-state index in [4.69, 9.17) is 22.1 Å². The van der Waals surface area contributed by atoms with E-state index in [0.29, 0.717) is 10.4 Å². The molecule has 2 aromatic carbocycles. The summed E-state index contributed by atoms with van der Waals surface area (Å²) in [7, 11) is 0. The van der Waals surface area contributed by atoms with Crippen molar-refractivity contribution in [1.82, 2.24) is 5.32 Å². The molecule has 0 saturated carbocycles. The zero-order valence-electron chi connectivity index (χ0n) is 17.8. The van der Waals surface area contributed by atoms with Crippen LogP contribution in [0.1, 0.15) is 56.8 Å². The van der Waals surface area contributed by atoms with Gasteiger partial charge in [-0.05, 0) is 31.0 Å². The summed E-state index contributed by atoms with van der Waals surface area (Å²) in [6.07, 6.45) is 0. The Kier molecular flexibility index (Phi) is 10.9. The van der Waals surface area contributed by atoms with E-state index in [1.807, 2.05) is 45.0 Å². The van der Waals surface area contributed by atoms with Crippen LogP contribution in [0.25, 0.3) is 0 Å². The molecule has 3 N–H and O–H groups in total. The Balaban J connectivity index is 0.000000474. The zero-order valence-corrected chi connectivity index (χ0v) is 18.6. The molecule has 1 aliphatic rings. The number of hydrogen-bond donors (Lipinski definition) is 3. The first kappa shape index (κ1) is 25.4. The Bertz CT molecular complexity index is 862. The van der Waals surface area contributed by atoms with E-state index >= 15 is 0 Å². The van der Waals surface area contributed by atoms with Gasteiger partial charge in [0.1, 0.15) is 0 Å². The lowest BCUT2D eigenvalue weighted by atomic mass is 9.92. The lowest BCUT2D eigenvalue weighted by Gasteiger charge is -2.13. The predicted octanol–water partition coefficient (Wildman–Crippen LogP) is 4.10. The third-order valence-electron chi connectivity index (χ3n) is 4.31. The van der Waals surface area contributed by atoms with Crippen LogP contribution < -0.4 is 5.32 Å². The molecule has 6 nitrogen and oxygen atoms in total. The number of benzene rings is 2. The van der Waals surface area contributed by atoms with Crippen LogP contribution in [0.3, 0.4) is 0 Å². The lowest BCUT2D eigenvalue weighted by Crippen LogP contribution is -2.30. The minimum absolute atomic E-state index is 0.0344. The highest BCUT2D eigenvalue weighted by Crippen LogP contribution is 2.23. The molecule has 3 rings (SSSR count). The van der Waals surface area contributed by atoms with Crippen molar-refractivity contribution in [3.8, 4) is 0 Å². The molecule has 0 aliphatic carbocycles. The molecule has 7 heteroatoms.